The van der Waals surface area contributed by atoms with Crippen LogP contribution in [0.2, 0.25) is 0 Å². The summed E-state index contributed by atoms with van der Waals surface area (Å²) in [6, 6.07) is 5.73. The molecule has 5 aliphatic heterocycles. The van der Waals surface area contributed by atoms with E-state index in [0.717, 1.165) is 5.56 Å². The van der Waals surface area contributed by atoms with Crippen molar-refractivity contribution < 1.29 is 43.6 Å². The van der Waals surface area contributed by atoms with Crippen LogP contribution in [0.25, 0.3) is 0 Å². The molecule has 1 aromatic rings. The quantitative estimate of drug-likeness (QED) is 0.299. The molecule has 5 saturated heterocycles. The molecule has 4 amide bonds. The second-order valence-corrected chi connectivity index (χ2v) is 12.7. The first-order valence-corrected chi connectivity index (χ1v) is 15.8. The summed E-state index contributed by atoms with van der Waals surface area (Å²) in [6.45, 7) is 2.17. The summed E-state index contributed by atoms with van der Waals surface area (Å²) in [7, 11) is 1.59. The molecule has 6 bridgehead atoms. The molecule has 0 aromatic heterocycles. The molecule has 6 rings (SSSR count). The van der Waals surface area contributed by atoms with Crippen LogP contribution in [0, 0.1) is 5.92 Å². The third-order valence-electron chi connectivity index (χ3n) is 9.75. The van der Waals surface area contributed by atoms with Crippen molar-refractivity contribution in [3.8, 4) is 5.75 Å². The van der Waals surface area contributed by atoms with Crippen molar-refractivity contribution >= 4 is 23.6 Å². The van der Waals surface area contributed by atoms with E-state index in [1.165, 1.54) is 0 Å². The summed E-state index contributed by atoms with van der Waals surface area (Å²) in [5.41, 5.74) is 0.941. The second kappa shape index (κ2) is 13.6. The van der Waals surface area contributed by atoms with Gasteiger partial charge < -0.3 is 44.9 Å². The number of piperazine rings is 1. The van der Waals surface area contributed by atoms with E-state index in [4.69, 9.17) is 14.2 Å². The molecule has 0 saturated carbocycles. The van der Waals surface area contributed by atoms with Crippen LogP contribution >= 0.6 is 0 Å². The number of carbonyl (C=O) groups is 4. The molecule has 0 aliphatic carbocycles. The summed E-state index contributed by atoms with van der Waals surface area (Å²) in [6.07, 6.45) is -3.21. The molecule has 0 spiro atoms. The summed E-state index contributed by atoms with van der Waals surface area (Å²) < 4.78 is 16.7. The van der Waals surface area contributed by atoms with Crippen molar-refractivity contribution in [1.29, 1.82) is 0 Å². The lowest BCUT2D eigenvalue weighted by molar-refractivity contribution is -0.154. The zero-order valence-electron chi connectivity index (χ0n) is 25.5. The van der Waals surface area contributed by atoms with Gasteiger partial charge in [0.1, 0.15) is 30.1 Å². The van der Waals surface area contributed by atoms with Gasteiger partial charge in [-0.25, -0.2) is 0 Å². The first-order chi connectivity index (χ1) is 21.7. The molecule has 0 radical (unpaired) electrons. The Balaban J connectivity index is 1.28. The summed E-state index contributed by atoms with van der Waals surface area (Å²) in [5.74, 6) is -0.683. The fraction of sp³-hybridized carbons (Fsp3) is 0.677. The standard InChI is InChI=1S/C31H43N5O9/c1-43-21-4-2-3-18(11-21)15-35-16-20-12-22(35)31(42)34-7-8-36(30(41)19-5-9-44-10-6-19)23(17-34)29(40)32-14-25-28(39)27(38)24(45-25)13-26(37)33-20/h2-4,11,19-20,22-25,27-28,38-39H,5-10,12-17H2,1H3,(H,32,40)(H,33,37)/t20-,22-,23-,24-,25+,27-,28+/m0/s1. The number of methoxy groups -OCH3 is 1. The van der Waals surface area contributed by atoms with Crippen LogP contribution in [-0.2, 0) is 35.2 Å². The fourth-order valence-electron chi connectivity index (χ4n) is 7.26. The van der Waals surface area contributed by atoms with Gasteiger partial charge in [0, 0.05) is 57.9 Å². The van der Waals surface area contributed by atoms with Crippen molar-refractivity contribution in [2.45, 2.75) is 74.8 Å². The Morgan fingerprint density at radius 1 is 1.04 bits per heavy atom. The number of benzene rings is 1. The number of amides is 4. The zero-order chi connectivity index (χ0) is 31.7. The van der Waals surface area contributed by atoms with Crippen LogP contribution < -0.4 is 15.4 Å². The average molecular weight is 630 g/mol. The average Bonchev–Trinajstić information content (AvgIpc) is 3.57. The first-order valence-electron chi connectivity index (χ1n) is 15.8. The van der Waals surface area contributed by atoms with E-state index in [1.807, 2.05) is 29.2 Å². The molecule has 5 aliphatic rings. The molecule has 14 heteroatoms. The largest absolute Gasteiger partial charge is 0.497 e. The van der Waals surface area contributed by atoms with E-state index in [9.17, 15) is 29.4 Å². The summed E-state index contributed by atoms with van der Waals surface area (Å²) in [4.78, 5) is 59.9. The fourth-order valence-corrected chi connectivity index (χ4v) is 7.26. The molecule has 1 aromatic carbocycles. The van der Waals surface area contributed by atoms with Gasteiger partial charge in [-0.05, 0) is 37.0 Å². The van der Waals surface area contributed by atoms with E-state index >= 15 is 0 Å². The smallest absolute Gasteiger partial charge is 0.244 e. The van der Waals surface area contributed by atoms with Gasteiger partial charge in [-0.2, -0.15) is 0 Å². The van der Waals surface area contributed by atoms with Gasteiger partial charge in [-0.1, -0.05) is 12.1 Å². The van der Waals surface area contributed by atoms with Crippen LogP contribution in [0.5, 0.6) is 5.75 Å². The van der Waals surface area contributed by atoms with Crippen LogP contribution in [0.3, 0.4) is 0 Å². The number of likely N-dealkylation sites (tertiary alicyclic amines) is 1. The molecule has 7 atom stereocenters. The molecule has 5 fully saturated rings. The minimum Gasteiger partial charge on any atom is -0.497 e. The van der Waals surface area contributed by atoms with Gasteiger partial charge in [0.25, 0.3) is 0 Å². The van der Waals surface area contributed by atoms with Gasteiger partial charge >= 0.3 is 0 Å². The van der Waals surface area contributed by atoms with Crippen molar-refractivity contribution in [3.05, 3.63) is 29.8 Å². The Labute approximate surface area is 261 Å². The molecule has 246 valence electrons. The maximum absolute atomic E-state index is 14.2. The Morgan fingerprint density at radius 2 is 1.82 bits per heavy atom. The molecular formula is C31H43N5O9. The predicted octanol–water partition coefficient (Wildman–Crippen LogP) is -1.77. The van der Waals surface area contributed by atoms with E-state index in [1.54, 1.807) is 16.9 Å². The Kier molecular flexibility index (Phi) is 9.57. The lowest BCUT2D eigenvalue weighted by Gasteiger charge is -2.43. The number of hydrogen-bond acceptors (Lipinski definition) is 10. The summed E-state index contributed by atoms with van der Waals surface area (Å²) >= 11 is 0. The Morgan fingerprint density at radius 3 is 2.60 bits per heavy atom. The highest BCUT2D eigenvalue weighted by molar-refractivity contribution is 5.91. The zero-order valence-corrected chi connectivity index (χ0v) is 25.5. The topological polar surface area (TPSA) is 170 Å². The van der Waals surface area contributed by atoms with Gasteiger partial charge in [0.05, 0.1) is 32.2 Å². The number of nitrogens with one attached hydrogen (secondary N) is 2. The normalized spacial score (nSPS) is 33.6. The molecule has 5 heterocycles. The minimum absolute atomic E-state index is 0.0134. The Bertz CT molecular complexity index is 1280. The van der Waals surface area contributed by atoms with Crippen molar-refractivity contribution in [2.24, 2.45) is 5.92 Å². The van der Waals surface area contributed by atoms with Gasteiger partial charge in [0.2, 0.25) is 23.6 Å². The third kappa shape index (κ3) is 6.80. The van der Waals surface area contributed by atoms with Crippen LogP contribution in [0.1, 0.15) is 31.2 Å². The molecule has 45 heavy (non-hydrogen) atoms. The summed E-state index contributed by atoms with van der Waals surface area (Å²) in [5, 5.41) is 27.1. The maximum Gasteiger partial charge on any atom is 0.244 e. The van der Waals surface area contributed by atoms with Crippen LogP contribution in [-0.4, -0.2) is 144 Å². The first kappa shape index (κ1) is 31.7. The Hall–Kier alpha value is -3.30. The SMILES string of the molecule is COc1cccc(CN2C[C@@H]3C[C@H]2C(=O)N2CCN(C(=O)C4CCOCC4)[C@@H](C2)C(=O)NC[C@H]2O[C@@H](CC(=O)N3)[C@H](O)[C@@H]2O)c1. The molecule has 0 unspecified atom stereocenters. The number of ether oxygens (including phenoxy) is 3. The number of hydrogen-bond donors (Lipinski definition) is 4. The van der Waals surface area contributed by atoms with E-state index in [0.29, 0.717) is 51.3 Å². The van der Waals surface area contributed by atoms with Gasteiger partial charge in [0.15, 0.2) is 0 Å². The number of carbonyl (C=O) groups excluding carboxylic acids is 4. The van der Waals surface area contributed by atoms with Crippen LogP contribution in [0.15, 0.2) is 24.3 Å². The highest BCUT2D eigenvalue weighted by atomic mass is 16.5. The van der Waals surface area contributed by atoms with E-state index < -0.39 is 42.4 Å². The van der Waals surface area contributed by atoms with Crippen molar-refractivity contribution in [3.63, 3.8) is 0 Å². The van der Waals surface area contributed by atoms with Crippen molar-refractivity contribution in [1.82, 2.24) is 25.3 Å². The van der Waals surface area contributed by atoms with Crippen LogP contribution in [0.4, 0.5) is 0 Å². The third-order valence-corrected chi connectivity index (χ3v) is 9.75. The highest BCUT2D eigenvalue weighted by Crippen LogP contribution is 2.28. The number of fused-ring (bicyclic) bond motifs is 6. The number of aliphatic hydroxyl groups excluding tert-OH is 2. The molecular weight excluding hydrogens is 586 g/mol. The number of aliphatic hydroxyl groups is 2. The van der Waals surface area contributed by atoms with Gasteiger partial charge in [-0.15, -0.1) is 0 Å². The molecule has 14 nitrogen and oxygen atoms in total. The number of rotatable bonds is 4. The maximum atomic E-state index is 14.2. The van der Waals surface area contributed by atoms with Crippen molar-refractivity contribution in [2.75, 3.05) is 53.0 Å². The monoisotopic (exact) mass is 629 g/mol. The highest BCUT2D eigenvalue weighted by Gasteiger charge is 2.47. The predicted molar refractivity (Wildman–Crippen MR) is 158 cm³/mol. The molecule has 4 N–H and O–H groups in total. The lowest BCUT2D eigenvalue weighted by atomic mass is 9.96. The van der Waals surface area contributed by atoms with Gasteiger partial charge in [-0.3, -0.25) is 24.1 Å². The van der Waals surface area contributed by atoms with E-state index in [-0.39, 0.29) is 62.3 Å². The number of nitrogens with zero attached hydrogens (tertiary/aromatic N) is 3. The minimum atomic E-state index is -1.31. The lowest BCUT2D eigenvalue weighted by Crippen LogP contribution is -2.64. The van der Waals surface area contributed by atoms with E-state index in [2.05, 4.69) is 10.6 Å². The second-order valence-electron chi connectivity index (χ2n) is 12.7.